The van der Waals surface area contributed by atoms with Crippen molar-refractivity contribution in [2.45, 2.75) is 6.54 Å². The molecule has 3 heterocycles. The third-order valence-corrected chi connectivity index (χ3v) is 5.58. The number of rotatable bonds is 6. The zero-order valence-electron chi connectivity index (χ0n) is 19.2. The summed E-state index contributed by atoms with van der Waals surface area (Å²) < 4.78 is 48.3. The average molecular weight is 506 g/mol. The van der Waals surface area contributed by atoms with Crippen LogP contribution in [0.15, 0.2) is 76.8 Å². The fourth-order valence-electron chi connectivity index (χ4n) is 3.79. The molecule has 5 aromatic rings. The predicted molar refractivity (Wildman–Crippen MR) is 129 cm³/mol. The van der Waals surface area contributed by atoms with Crippen molar-refractivity contribution in [3.8, 4) is 11.4 Å². The number of nitrogens with one attached hydrogen (secondary N) is 1. The van der Waals surface area contributed by atoms with Crippen molar-refractivity contribution in [1.82, 2.24) is 24.1 Å². The molecule has 2 aromatic carbocycles. The number of fused-ring (bicyclic) bond motifs is 1. The quantitative estimate of drug-likeness (QED) is 0.351. The van der Waals surface area contributed by atoms with Crippen LogP contribution in [-0.4, -0.2) is 31.2 Å². The molecular weight excluding hydrogens is 489 g/mol. The van der Waals surface area contributed by atoms with E-state index in [1.165, 1.54) is 25.7 Å². The molecule has 0 bridgehead atoms. The first-order valence-electron chi connectivity index (χ1n) is 10.8. The maximum Gasteiger partial charge on any atom is 0.359 e. The number of hydrogen-bond donors (Lipinski definition) is 1. The highest BCUT2D eigenvalue weighted by Gasteiger charge is 2.19. The Bertz CT molecular complexity index is 1720. The standard InChI is InChI=1S/C25H17F3N6O3/c1-37-17-4-2-16(3-5-17)31-23-32-24(35)34(21-12-30-10-15-6-7-29-11-18(15)21)25(36)33(23)13-14-8-19(26)22(28)20(27)9-14/h2-12H,13H2,1H3,(H,31,32,35). The zero-order valence-corrected chi connectivity index (χ0v) is 19.2. The summed E-state index contributed by atoms with van der Waals surface area (Å²) in [6, 6.07) is 9.72. The minimum absolute atomic E-state index is 0.0685. The summed E-state index contributed by atoms with van der Waals surface area (Å²) in [6.07, 6.45) is 5.86. The molecule has 0 aliphatic rings. The van der Waals surface area contributed by atoms with Gasteiger partial charge in [0.25, 0.3) is 0 Å². The van der Waals surface area contributed by atoms with E-state index in [1.807, 2.05) is 0 Å². The smallest absolute Gasteiger partial charge is 0.359 e. The fourth-order valence-corrected chi connectivity index (χ4v) is 3.79. The highest BCUT2D eigenvalue weighted by molar-refractivity contribution is 5.88. The molecule has 0 spiro atoms. The molecule has 9 nitrogen and oxygen atoms in total. The highest BCUT2D eigenvalue weighted by atomic mass is 19.2. The summed E-state index contributed by atoms with van der Waals surface area (Å²) in [5, 5.41) is 3.95. The van der Waals surface area contributed by atoms with E-state index in [-0.39, 0.29) is 17.2 Å². The topological polar surface area (TPSA) is 104 Å². The molecular formula is C25H17F3N6O3. The number of pyridine rings is 2. The van der Waals surface area contributed by atoms with Gasteiger partial charge in [-0.05, 0) is 48.0 Å². The van der Waals surface area contributed by atoms with Crippen LogP contribution in [0.2, 0.25) is 0 Å². The molecule has 0 saturated heterocycles. The molecule has 0 saturated carbocycles. The van der Waals surface area contributed by atoms with Gasteiger partial charge in [0.15, 0.2) is 17.5 Å². The Balaban J connectivity index is 1.71. The summed E-state index contributed by atoms with van der Waals surface area (Å²) in [7, 11) is 1.50. The van der Waals surface area contributed by atoms with Gasteiger partial charge in [0.1, 0.15) is 5.75 Å². The molecule has 37 heavy (non-hydrogen) atoms. The first kappa shape index (κ1) is 23.7. The Morgan fingerprint density at radius 1 is 0.946 bits per heavy atom. The second-order valence-electron chi connectivity index (χ2n) is 7.90. The Kier molecular flexibility index (Phi) is 6.14. The van der Waals surface area contributed by atoms with Gasteiger partial charge in [-0.3, -0.25) is 14.5 Å². The first-order valence-corrected chi connectivity index (χ1v) is 10.8. The third kappa shape index (κ3) is 4.51. The molecule has 0 amide bonds. The van der Waals surface area contributed by atoms with E-state index in [1.54, 1.807) is 36.5 Å². The molecule has 0 radical (unpaired) electrons. The van der Waals surface area contributed by atoms with Crippen LogP contribution < -0.4 is 21.4 Å². The fraction of sp³-hybridized carbons (Fsp3) is 0.0800. The lowest BCUT2D eigenvalue weighted by Crippen LogP contribution is -2.42. The molecule has 0 atom stereocenters. The Morgan fingerprint density at radius 2 is 1.68 bits per heavy atom. The van der Waals surface area contributed by atoms with Gasteiger partial charge >= 0.3 is 11.4 Å². The van der Waals surface area contributed by atoms with Crippen molar-refractivity contribution in [2.75, 3.05) is 12.4 Å². The lowest BCUT2D eigenvalue weighted by atomic mass is 10.2. The Morgan fingerprint density at radius 3 is 2.38 bits per heavy atom. The maximum atomic E-state index is 13.9. The highest BCUT2D eigenvalue weighted by Crippen LogP contribution is 2.21. The van der Waals surface area contributed by atoms with Gasteiger partial charge < -0.3 is 10.1 Å². The van der Waals surface area contributed by atoms with Crippen LogP contribution in [-0.2, 0) is 6.54 Å². The number of hydrogen-bond acceptors (Lipinski definition) is 7. The molecule has 0 aliphatic carbocycles. The minimum atomic E-state index is -1.63. The second kappa shape index (κ2) is 9.57. The molecule has 186 valence electrons. The second-order valence-corrected chi connectivity index (χ2v) is 7.90. The Hall–Kier alpha value is -5.00. The molecule has 3 aromatic heterocycles. The predicted octanol–water partition coefficient (Wildman–Crippen LogP) is 3.56. The summed E-state index contributed by atoms with van der Waals surface area (Å²) in [5.74, 6) is -4.10. The van der Waals surface area contributed by atoms with Gasteiger partial charge in [0, 0.05) is 35.1 Å². The lowest BCUT2D eigenvalue weighted by Gasteiger charge is -2.16. The molecule has 0 aliphatic heterocycles. The van der Waals surface area contributed by atoms with Crippen molar-refractivity contribution in [1.29, 1.82) is 0 Å². The number of benzene rings is 2. The van der Waals surface area contributed by atoms with Crippen LogP contribution >= 0.6 is 0 Å². The van der Waals surface area contributed by atoms with E-state index < -0.39 is 35.4 Å². The summed E-state index contributed by atoms with van der Waals surface area (Å²) >= 11 is 0. The maximum absolute atomic E-state index is 13.9. The van der Waals surface area contributed by atoms with Gasteiger partial charge in [-0.15, -0.1) is 0 Å². The van der Waals surface area contributed by atoms with E-state index in [9.17, 15) is 22.8 Å². The van der Waals surface area contributed by atoms with Crippen LogP contribution in [0.4, 0.5) is 24.8 Å². The molecule has 1 N–H and O–H groups in total. The van der Waals surface area contributed by atoms with Gasteiger partial charge in [0.2, 0.25) is 5.95 Å². The number of halogens is 3. The van der Waals surface area contributed by atoms with E-state index in [0.29, 0.717) is 22.2 Å². The van der Waals surface area contributed by atoms with E-state index >= 15 is 0 Å². The van der Waals surface area contributed by atoms with Gasteiger partial charge in [-0.2, -0.15) is 4.98 Å². The molecule has 12 heteroatoms. The first-order chi connectivity index (χ1) is 17.9. The lowest BCUT2D eigenvalue weighted by molar-refractivity contribution is 0.415. The summed E-state index contributed by atoms with van der Waals surface area (Å²) in [6.45, 7) is -0.435. The van der Waals surface area contributed by atoms with E-state index in [4.69, 9.17) is 4.74 Å². The van der Waals surface area contributed by atoms with Crippen molar-refractivity contribution in [3.63, 3.8) is 0 Å². The van der Waals surface area contributed by atoms with Crippen LogP contribution in [0, 0.1) is 17.5 Å². The number of aromatic nitrogens is 5. The SMILES string of the molecule is COc1ccc(Nc2nc(=O)n(-c3cncc4ccncc34)c(=O)n2Cc2cc(F)c(F)c(F)c2)cc1. The summed E-state index contributed by atoms with van der Waals surface area (Å²) in [5.41, 5.74) is -1.30. The van der Waals surface area contributed by atoms with Crippen molar-refractivity contribution in [2.24, 2.45) is 0 Å². The van der Waals surface area contributed by atoms with Gasteiger partial charge in [-0.1, -0.05) is 0 Å². The van der Waals surface area contributed by atoms with Crippen molar-refractivity contribution < 1.29 is 17.9 Å². The van der Waals surface area contributed by atoms with Crippen LogP contribution in [0.25, 0.3) is 16.5 Å². The monoisotopic (exact) mass is 506 g/mol. The van der Waals surface area contributed by atoms with E-state index in [0.717, 1.165) is 21.3 Å². The largest absolute Gasteiger partial charge is 0.497 e. The molecule has 0 fully saturated rings. The van der Waals surface area contributed by atoms with Crippen LogP contribution in [0.5, 0.6) is 5.75 Å². The number of nitrogens with zero attached hydrogens (tertiary/aromatic N) is 5. The normalized spacial score (nSPS) is 11.0. The van der Waals surface area contributed by atoms with E-state index in [2.05, 4.69) is 20.3 Å². The van der Waals surface area contributed by atoms with Crippen molar-refractivity contribution >= 4 is 22.4 Å². The zero-order chi connectivity index (χ0) is 26.1. The molecule has 5 rings (SSSR count). The van der Waals surface area contributed by atoms with Gasteiger partial charge in [-0.25, -0.2) is 27.3 Å². The number of anilines is 2. The minimum Gasteiger partial charge on any atom is -0.497 e. The number of methoxy groups -OCH3 is 1. The number of ether oxygens (including phenoxy) is 1. The molecule has 0 unspecified atom stereocenters. The third-order valence-electron chi connectivity index (χ3n) is 5.58. The van der Waals surface area contributed by atoms with Gasteiger partial charge in [0.05, 0.1) is 25.5 Å². The van der Waals surface area contributed by atoms with Crippen molar-refractivity contribution in [3.05, 3.63) is 111 Å². The average Bonchev–Trinajstić information content (AvgIpc) is 2.90. The Labute approximate surface area is 206 Å². The van der Waals surface area contributed by atoms with Crippen LogP contribution in [0.1, 0.15) is 5.56 Å². The van der Waals surface area contributed by atoms with Crippen LogP contribution in [0.3, 0.4) is 0 Å². The summed E-state index contributed by atoms with van der Waals surface area (Å²) in [4.78, 5) is 39.0.